The van der Waals surface area contributed by atoms with Crippen LogP contribution in [0, 0.1) is 0 Å². The minimum Gasteiger partial charge on any atom is -0.465 e. The third-order valence-corrected chi connectivity index (χ3v) is 5.38. The molecule has 0 fully saturated rings. The molecule has 0 radical (unpaired) electrons. The molecule has 0 atom stereocenters. The van der Waals surface area contributed by atoms with Crippen molar-refractivity contribution >= 4 is 29.1 Å². The summed E-state index contributed by atoms with van der Waals surface area (Å²) in [6, 6.07) is 17.6. The van der Waals surface area contributed by atoms with Crippen LogP contribution in [0.15, 0.2) is 64.3 Å². The smallest absolute Gasteiger partial charge is 0.337 e. The summed E-state index contributed by atoms with van der Waals surface area (Å²) in [5.41, 5.74) is 3.87. The molecule has 1 aromatic heterocycles. The Labute approximate surface area is 143 Å². The number of nitrogens with zero attached hydrogens (tertiary/aromatic N) is 1. The number of thiazole rings is 1. The summed E-state index contributed by atoms with van der Waals surface area (Å²) in [7, 11) is 1.39. The number of benzene rings is 2. The highest BCUT2D eigenvalue weighted by Crippen LogP contribution is 2.30. The first kappa shape index (κ1) is 15.8. The van der Waals surface area contributed by atoms with E-state index in [1.54, 1.807) is 35.2 Å². The zero-order valence-electron chi connectivity index (χ0n) is 12.6. The van der Waals surface area contributed by atoms with Gasteiger partial charge in [-0.2, -0.15) is 0 Å². The van der Waals surface area contributed by atoms with Gasteiger partial charge < -0.3 is 4.74 Å². The predicted molar refractivity (Wildman–Crippen MR) is 94.9 cm³/mol. The first-order valence-electron chi connectivity index (χ1n) is 7.07. The van der Waals surface area contributed by atoms with Gasteiger partial charge in [-0.3, -0.25) is 0 Å². The van der Waals surface area contributed by atoms with Crippen LogP contribution in [-0.4, -0.2) is 18.1 Å². The summed E-state index contributed by atoms with van der Waals surface area (Å²) < 4.78 is 5.74. The van der Waals surface area contributed by atoms with Gasteiger partial charge in [0.1, 0.15) is 0 Å². The lowest BCUT2D eigenvalue weighted by molar-refractivity contribution is 0.0600. The maximum absolute atomic E-state index is 11.4. The first-order chi connectivity index (χ1) is 11.3. The monoisotopic (exact) mass is 341 g/mol. The molecule has 2 aromatic carbocycles. The van der Waals surface area contributed by atoms with Crippen molar-refractivity contribution < 1.29 is 9.53 Å². The lowest BCUT2D eigenvalue weighted by atomic mass is 10.1. The fraction of sp³-hybridized carbons (Fsp3) is 0.111. The van der Waals surface area contributed by atoms with E-state index in [0.29, 0.717) is 5.56 Å². The lowest BCUT2D eigenvalue weighted by Gasteiger charge is -2.02. The molecular formula is C18H15NO2S2. The van der Waals surface area contributed by atoms with E-state index in [4.69, 9.17) is 4.74 Å². The third-order valence-electron chi connectivity index (χ3n) is 3.29. The summed E-state index contributed by atoms with van der Waals surface area (Å²) in [5.74, 6) is 0.514. The quantitative estimate of drug-likeness (QED) is 0.489. The third kappa shape index (κ3) is 4.00. The summed E-state index contributed by atoms with van der Waals surface area (Å²) in [4.78, 5) is 16.1. The normalized spacial score (nSPS) is 10.5. The van der Waals surface area contributed by atoms with Crippen LogP contribution in [0.1, 0.15) is 15.9 Å². The van der Waals surface area contributed by atoms with Gasteiger partial charge in [0, 0.05) is 16.7 Å². The SMILES string of the molecule is COC(=O)c1ccc(CSc2nc(-c3ccccc3)cs2)cc1. The lowest BCUT2D eigenvalue weighted by Crippen LogP contribution is -2.00. The van der Waals surface area contributed by atoms with Gasteiger partial charge in [0.25, 0.3) is 0 Å². The minimum atomic E-state index is -0.309. The van der Waals surface area contributed by atoms with E-state index < -0.39 is 0 Å². The topological polar surface area (TPSA) is 39.2 Å². The van der Waals surface area contributed by atoms with Crippen molar-refractivity contribution in [3.8, 4) is 11.3 Å². The fourth-order valence-electron chi connectivity index (χ4n) is 2.07. The molecule has 0 aliphatic carbocycles. The molecule has 0 unspecified atom stereocenters. The molecule has 116 valence electrons. The number of carbonyl (C=O) groups excluding carboxylic acids is 1. The number of hydrogen-bond acceptors (Lipinski definition) is 5. The van der Waals surface area contributed by atoms with Gasteiger partial charge in [0.15, 0.2) is 4.34 Å². The van der Waals surface area contributed by atoms with Gasteiger partial charge in [-0.25, -0.2) is 9.78 Å². The van der Waals surface area contributed by atoms with Gasteiger partial charge >= 0.3 is 5.97 Å². The molecule has 0 saturated carbocycles. The molecular weight excluding hydrogens is 326 g/mol. The number of rotatable bonds is 5. The van der Waals surface area contributed by atoms with Crippen molar-refractivity contribution in [2.45, 2.75) is 10.1 Å². The molecule has 0 amide bonds. The van der Waals surface area contributed by atoms with Gasteiger partial charge in [0.2, 0.25) is 0 Å². The molecule has 3 rings (SSSR count). The molecule has 3 aromatic rings. The molecule has 5 heteroatoms. The maximum Gasteiger partial charge on any atom is 0.337 e. The van der Waals surface area contributed by atoms with Crippen LogP contribution in [0.25, 0.3) is 11.3 Å². The van der Waals surface area contributed by atoms with Crippen molar-refractivity contribution in [3.63, 3.8) is 0 Å². The van der Waals surface area contributed by atoms with Gasteiger partial charge in [-0.1, -0.05) is 54.2 Å². The van der Waals surface area contributed by atoms with E-state index in [9.17, 15) is 4.79 Å². The zero-order valence-corrected chi connectivity index (χ0v) is 14.2. The molecule has 0 aliphatic heterocycles. The zero-order chi connectivity index (χ0) is 16.1. The average Bonchev–Trinajstić information content (AvgIpc) is 3.09. The largest absolute Gasteiger partial charge is 0.465 e. The van der Waals surface area contributed by atoms with Crippen molar-refractivity contribution in [1.82, 2.24) is 4.98 Å². The second kappa shape index (κ2) is 7.44. The summed E-state index contributed by atoms with van der Waals surface area (Å²) in [6.45, 7) is 0. The van der Waals surface area contributed by atoms with E-state index in [0.717, 1.165) is 26.9 Å². The molecule has 0 aliphatic rings. The van der Waals surface area contributed by atoms with Gasteiger partial charge in [-0.05, 0) is 17.7 Å². The Kier molecular flexibility index (Phi) is 5.10. The summed E-state index contributed by atoms with van der Waals surface area (Å²) in [5, 5.41) is 2.08. The molecule has 1 heterocycles. The van der Waals surface area contributed by atoms with E-state index in [-0.39, 0.29) is 5.97 Å². The van der Waals surface area contributed by atoms with E-state index in [1.165, 1.54) is 7.11 Å². The number of thioether (sulfide) groups is 1. The molecule has 0 spiro atoms. The first-order valence-corrected chi connectivity index (χ1v) is 8.94. The number of hydrogen-bond donors (Lipinski definition) is 0. The Morgan fingerprint density at radius 3 is 2.57 bits per heavy atom. The second-order valence-corrected chi connectivity index (χ2v) is 6.92. The fourth-order valence-corrected chi connectivity index (χ4v) is 3.86. The van der Waals surface area contributed by atoms with Crippen LogP contribution < -0.4 is 0 Å². The van der Waals surface area contributed by atoms with Gasteiger partial charge in [0.05, 0.1) is 18.4 Å². The van der Waals surface area contributed by atoms with Crippen molar-refractivity contribution in [2.24, 2.45) is 0 Å². The Morgan fingerprint density at radius 2 is 1.87 bits per heavy atom. The minimum absolute atomic E-state index is 0.309. The van der Waals surface area contributed by atoms with E-state index >= 15 is 0 Å². The Morgan fingerprint density at radius 1 is 1.13 bits per heavy atom. The molecule has 3 nitrogen and oxygen atoms in total. The van der Waals surface area contributed by atoms with Crippen LogP contribution in [-0.2, 0) is 10.5 Å². The van der Waals surface area contributed by atoms with Crippen molar-refractivity contribution in [1.29, 1.82) is 0 Å². The number of carbonyl (C=O) groups is 1. The van der Waals surface area contributed by atoms with Crippen LogP contribution in [0.5, 0.6) is 0 Å². The van der Waals surface area contributed by atoms with Crippen LogP contribution >= 0.6 is 23.1 Å². The van der Waals surface area contributed by atoms with E-state index in [2.05, 4.69) is 22.5 Å². The molecule has 23 heavy (non-hydrogen) atoms. The molecule has 0 saturated heterocycles. The van der Waals surface area contributed by atoms with Crippen LogP contribution in [0.4, 0.5) is 0 Å². The summed E-state index contributed by atoms with van der Waals surface area (Å²) >= 11 is 3.35. The Hall–Kier alpha value is -2.11. The number of esters is 1. The number of methoxy groups -OCH3 is 1. The van der Waals surface area contributed by atoms with Crippen molar-refractivity contribution in [2.75, 3.05) is 7.11 Å². The van der Waals surface area contributed by atoms with Gasteiger partial charge in [-0.15, -0.1) is 11.3 Å². The maximum atomic E-state index is 11.4. The predicted octanol–water partition coefficient (Wildman–Crippen LogP) is 4.89. The van der Waals surface area contributed by atoms with E-state index in [1.807, 2.05) is 30.3 Å². The Bertz CT molecular complexity index is 782. The highest BCUT2D eigenvalue weighted by molar-refractivity contribution is 8.00. The highest BCUT2D eigenvalue weighted by atomic mass is 32.2. The van der Waals surface area contributed by atoms with Crippen LogP contribution in [0.2, 0.25) is 0 Å². The summed E-state index contributed by atoms with van der Waals surface area (Å²) in [6.07, 6.45) is 0. The molecule has 0 N–H and O–H groups in total. The standard InChI is InChI=1S/C18H15NO2S2/c1-21-17(20)15-9-7-13(8-10-15)11-22-18-19-16(12-23-18)14-5-3-2-4-6-14/h2-10,12H,11H2,1H3. The average molecular weight is 341 g/mol. The number of aromatic nitrogens is 1. The second-order valence-electron chi connectivity index (χ2n) is 4.84. The highest BCUT2D eigenvalue weighted by Gasteiger charge is 2.07. The number of ether oxygens (including phenoxy) is 1. The van der Waals surface area contributed by atoms with Crippen molar-refractivity contribution in [3.05, 3.63) is 71.1 Å². The van der Waals surface area contributed by atoms with Crippen LogP contribution in [0.3, 0.4) is 0 Å². The Balaban J connectivity index is 1.63. The molecule has 0 bridgehead atoms.